The fraction of sp³-hybridized carbons (Fsp3) is 1.00. The van der Waals surface area contributed by atoms with E-state index in [0.29, 0.717) is 0 Å². The van der Waals surface area contributed by atoms with Gasteiger partial charge in [-0.05, 0) is 19.3 Å². The van der Waals surface area contributed by atoms with Crippen molar-refractivity contribution < 1.29 is 25.9 Å². The third-order valence-corrected chi connectivity index (χ3v) is 4.72. The third-order valence-electron chi connectivity index (χ3n) is 2.18. The maximum atomic E-state index is 10.6. The van der Waals surface area contributed by atoms with E-state index >= 15 is 0 Å². The van der Waals surface area contributed by atoms with Crippen LogP contribution in [0.5, 0.6) is 0 Å². The van der Waals surface area contributed by atoms with Gasteiger partial charge in [-0.25, -0.2) is 0 Å². The first-order valence-corrected chi connectivity index (χ1v) is 6.64. The molecular formula is C5H10O6S2. The van der Waals surface area contributed by atoms with Gasteiger partial charge in [-0.15, -0.1) is 0 Å². The van der Waals surface area contributed by atoms with Crippen LogP contribution in [0.25, 0.3) is 0 Å². The van der Waals surface area contributed by atoms with E-state index < -0.39 is 30.7 Å². The summed E-state index contributed by atoms with van der Waals surface area (Å²) in [5.74, 6) is 0. The monoisotopic (exact) mass is 230 g/mol. The van der Waals surface area contributed by atoms with Crippen molar-refractivity contribution in [2.75, 3.05) is 0 Å². The molecule has 0 aliphatic heterocycles. The van der Waals surface area contributed by atoms with E-state index in [1.807, 2.05) is 0 Å². The molecule has 1 rings (SSSR count). The van der Waals surface area contributed by atoms with Gasteiger partial charge in [0.1, 0.15) is 0 Å². The molecule has 0 spiro atoms. The zero-order chi connectivity index (χ0) is 10.3. The molecule has 1 fully saturated rings. The topological polar surface area (TPSA) is 109 Å². The molecule has 0 aromatic carbocycles. The lowest BCUT2D eigenvalue weighted by Crippen LogP contribution is -2.21. The van der Waals surface area contributed by atoms with Crippen LogP contribution in [0.1, 0.15) is 19.3 Å². The number of hydrogen-bond donors (Lipinski definition) is 2. The highest BCUT2D eigenvalue weighted by atomic mass is 32.2. The van der Waals surface area contributed by atoms with Gasteiger partial charge in [-0.3, -0.25) is 9.11 Å². The Hall–Kier alpha value is -0.180. The molecule has 1 aliphatic carbocycles. The summed E-state index contributed by atoms with van der Waals surface area (Å²) < 4.78 is 59.5. The highest BCUT2D eigenvalue weighted by Crippen LogP contribution is 2.28. The lowest BCUT2D eigenvalue weighted by molar-refractivity contribution is 0.462. The molecule has 0 aromatic rings. The quantitative estimate of drug-likeness (QED) is 0.629. The van der Waals surface area contributed by atoms with Crippen LogP contribution in [0.2, 0.25) is 0 Å². The highest BCUT2D eigenvalue weighted by Gasteiger charge is 2.38. The maximum Gasteiger partial charge on any atom is 0.267 e. The lowest BCUT2D eigenvalue weighted by Gasteiger charge is -2.05. The second-order valence-electron chi connectivity index (χ2n) is 3.09. The van der Waals surface area contributed by atoms with Gasteiger partial charge in [-0.1, -0.05) is 0 Å². The summed E-state index contributed by atoms with van der Waals surface area (Å²) in [6.45, 7) is 0. The predicted molar refractivity (Wildman–Crippen MR) is 44.5 cm³/mol. The van der Waals surface area contributed by atoms with Crippen molar-refractivity contribution in [1.82, 2.24) is 0 Å². The normalized spacial score (nSPS) is 30.6. The Kier molecular flexibility index (Phi) is 2.68. The summed E-state index contributed by atoms with van der Waals surface area (Å²) in [5, 5.41) is -2.11. The average molecular weight is 230 g/mol. The highest BCUT2D eigenvalue weighted by molar-refractivity contribution is 7.87. The van der Waals surface area contributed by atoms with Crippen molar-refractivity contribution in [1.29, 1.82) is 0 Å². The molecule has 1 saturated carbocycles. The van der Waals surface area contributed by atoms with Crippen molar-refractivity contribution in [3.63, 3.8) is 0 Å². The summed E-state index contributed by atoms with van der Waals surface area (Å²) in [6, 6.07) is 0. The largest absolute Gasteiger partial charge is 0.285 e. The van der Waals surface area contributed by atoms with Gasteiger partial charge in [0.25, 0.3) is 20.2 Å². The molecule has 78 valence electrons. The van der Waals surface area contributed by atoms with E-state index in [1.54, 1.807) is 0 Å². The Morgan fingerprint density at radius 2 is 1.15 bits per heavy atom. The first-order valence-electron chi connectivity index (χ1n) is 3.64. The Bertz CT molecular complexity index is 341. The minimum Gasteiger partial charge on any atom is -0.285 e. The van der Waals surface area contributed by atoms with Crippen LogP contribution in [0.15, 0.2) is 0 Å². The molecule has 2 atom stereocenters. The molecule has 1 aliphatic rings. The van der Waals surface area contributed by atoms with Crippen LogP contribution in [-0.2, 0) is 20.2 Å². The summed E-state index contributed by atoms with van der Waals surface area (Å²) >= 11 is 0. The molecule has 0 radical (unpaired) electrons. The Morgan fingerprint density at radius 1 is 0.846 bits per heavy atom. The van der Waals surface area contributed by atoms with E-state index in [9.17, 15) is 16.8 Å². The number of rotatable bonds is 2. The lowest BCUT2D eigenvalue weighted by atomic mass is 10.4. The van der Waals surface area contributed by atoms with Gasteiger partial charge in [0, 0.05) is 0 Å². The molecule has 13 heavy (non-hydrogen) atoms. The van der Waals surface area contributed by atoms with E-state index in [4.69, 9.17) is 9.11 Å². The van der Waals surface area contributed by atoms with Crippen molar-refractivity contribution in [2.24, 2.45) is 0 Å². The Labute approximate surface area is 76.5 Å². The predicted octanol–water partition coefficient (Wildman–Crippen LogP) is -0.317. The standard InChI is InChI=1S/C5H10O6S2/c6-12(7,8)4-1-2-5(3-4)13(9,10)11/h4-5H,1-3H2,(H,6,7,8)(H,9,10,11). The third kappa shape index (κ3) is 2.63. The minimum absolute atomic E-state index is 0.0727. The number of hydrogen-bond acceptors (Lipinski definition) is 4. The Balaban J connectivity index is 2.77. The fourth-order valence-corrected chi connectivity index (χ4v) is 3.38. The molecule has 2 unspecified atom stereocenters. The Morgan fingerprint density at radius 3 is 1.31 bits per heavy atom. The minimum atomic E-state index is -4.17. The average Bonchev–Trinajstić information content (AvgIpc) is 2.28. The molecule has 0 saturated heterocycles. The van der Waals surface area contributed by atoms with Crippen molar-refractivity contribution in [2.45, 2.75) is 29.8 Å². The van der Waals surface area contributed by atoms with Gasteiger partial charge in [-0.2, -0.15) is 16.8 Å². The van der Waals surface area contributed by atoms with Gasteiger partial charge < -0.3 is 0 Å². The van der Waals surface area contributed by atoms with Crippen molar-refractivity contribution in [3.05, 3.63) is 0 Å². The molecule has 0 heterocycles. The second kappa shape index (κ2) is 3.19. The van der Waals surface area contributed by atoms with E-state index in [1.165, 1.54) is 0 Å². The molecule has 0 aromatic heterocycles. The summed E-state index contributed by atoms with van der Waals surface area (Å²) in [6.07, 6.45) is -0.0791. The van der Waals surface area contributed by atoms with Gasteiger partial charge in [0.05, 0.1) is 10.5 Å². The summed E-state index contributed by atoms with van der Waals surface area (Å²) in [7, 11) is -8.34. The molecule has 8 heteroatoms. The van der Waals surface area contributed by atoms with Gasteiger partial charge in [0.2, 0.25) is 0 Å². The van der Waals surface area contributed by atoms with E-state index in [-0.39, 0.29) is 19.3 Å². The van der Waals surface area contributed by atoms with E-state index in [2.05, 4.69) is 0 Å². The second-order valence-corrected chi connectivity index (χ2v) is 6.48. The van der Waals surface area contributed by atoms with Crippen LogP contribution < -0.4 is 0 Å². The molecule has 2 N–H and O–H groups in total. The van der Waals surface area contributed by atoms with Crippen LogP contribution in [0.4, 0.5) is 0 Å². The van der Waals surface area contributed by atoms with Crippen LogP contribution >= 0.6 is 0 Å². The first-order chi connectivity index (χ1) is 5.71. The zero-order valence-electron chi connectivity index (χ0n) is 6.62. The molecule has 6 nitrogen and oxygen atoms in total. The van der Waals surface area contributed by atoms with Crippen LogP contribution in [0, 0.1) is 0 Å². The zero-order valence-corrected chi connectivity index (χ0v) is 8.25. The summed E-state index contributed by atoms with van der Waals surface area (Å²) in [4.78, 5) is 0. The maximum absolute atomic E-state index is 10.6. The molecule has 0 amide bonds. The van der Waals surface area contributed by atoms with Crippen LogP contribution in [-0.4, -0.2) is 36.4 Å². The van der Waals surface area contributed by atoms with Crippen molar-refractivity contribution >= 4 is 20.2 Å². The van der Waals surface area contributed by atoms with Crippen molar-refractivity contribution in [3.8, 4) is 0 Å². The first kappa shape index (κ1) is 10.9. The molecular weight excluding hydrogens is 220 g/mol. The van der Waals surface area contributed by atoms with E-state index in [0.717, 1.165) is 0 Å². The SMILES string of the molecule is O=S(=O)(O)C1CCC(S(=O)(=O)O)C1. The van der Waals surface area contributed by atoms with Crippen LogP contribution in [0.3, 0.4) is 0 Å². The smallest absolute Gasteiger partial charge is 0.267 e. The summed E-state index contributed by atoms with van der Waals surface area (Å²) in [5.41, 5.74) is 0. The van der Waals surface area contributed by atoms with Gasteiger partial charge >= 0.3 is 0 Å². The molecule has 0 bridgehead atoms. The van der Waals surface area contributed by atoms with Gasteiger partial charge in [0.15, 0.2) is 0 Å². The fourth-order valence-electron chi connectivity index (χ4n) is 1.44.